The molecular weight excluding hydrogens is 520 g/mol. The number of aryl methyl sites for hydroxylation is 3. The Bertz CT molecular complexity index is 1590. The molecule has 4 aromatic rings. The van der Waals surface area contributed by atoms with Gasteiger partial charge in [0.2, 0.25) is 0 Å². The number of hydrazone groups is 1. The topological polar surface area (TPSA) is 83.8 Å². The van der Waals surface area contributed by atoms with Gasteiger partial charge in [0.1, 0.15) is 6.54 Å². The fourth-order valence-corrected chi connectivity index (χ4v) is 5.73. The van der Waals surface area contributed by atoms with Gasteiger partial charge in [-0.1, -0.05) is 53.1 Å². The fourth-order valence-electron chi connectivity index (χ4n) is 4.13. The van der Waals surface area contributed by atoms with Crippen LogP contribution in [0.4, 0.5) is 5.69 Å². The molecule has 3 aromatic carbocycles. The van der Waals surface area contributed by atoms with Crippen molar-refractivity contribution in [3.63, 3.8) is 0 Å². The Morgan fingerprint density at radius 2 is 1.58 bits per heavy atom. The molecule has 1 aromatic heterocycles. The van der Waals surface area contributed by atoms with Gasteiger partial charge in [0, 0.05) is 27.7 Å². The van der Waals surface area contributed by atoms with E-state index in [-0.39, 0.29) is 10.6 Å². The molecule has 196 valence electrons. The van der Waals surface area contributed by atoms with Crippen LogP contribution in [-0.4, -0.2) is 31.7 Å². The van der Waals surface area contributed by atoms with E-state index < -0.39 is 22.5 Å². The van der Waals surface area contributed by atoms with Gasteiger partial charge in [-0.15, -0.1) is 0 Å². The van der Waals surface area contributed by atoms with Gasteiger partial charge >= 0.3 is 0 Å². The normalized spacial score (nSPS) is 11.6. The molecule has 0 fully saturated rings. The van der Waals surface area contributed by atoms with Crippen molar-refractivity contribution >= 4 is 39.4 Å². The van der Waals surface area contributed by atoms with Crippen LogP contribution in [0, 0.1) is 27.7 Å². The Balaban J connectivity index is 1.55. The van der Waals surface area contributed by atoms with Gasteiger partial charge in [0.15, 0.2) is 0 Å². The quantitative estimate of drug-likeness (QED) is 0.226. The van der Waals surface area contributed by atoms with Crippen molar-refractivity contribution in [2.75, 3.05) is 10.8 Å². The molecule has 0 radical (unpaired) electrons. The van der Waals surface area contributed by atoms with Crippen molar-refractivity contribution in [1.82, 2.24) is 9.99 Å². The van der Waals surface area contributed by atoms with Crippen LogP contribution in [0.1, 0.15) is 28.1 Å². The van der Waals surface area contributed by atoms with E-state index in [4.69, 9.17) is 11.6 Å². The predicted octanol–water partition coefficient (Wildman–Crippen LogP) is 5.71. The first-order chi connectivity index (χ1) is 18.1. The standard InChI is InChI=1S/C29H29ClN4O3S/c1-20-8-12-26(13-9-20)34-22(3)16-24(23(34)4)18-31-32-29(35)19-33(27-7-5-6-25(30)17-27)38(36,37)28-14-10-21(2)11-15-28/h5-18H,19H2,1-4H3,(H,32,35)/b31-18-. The number of rotatable bonds is 8. The molecule has 7 nitrogen and oxygen atoms in total. The first-order valence-corrected chi connectivity index (χ1v) is 13.8. The molecule has 0 atom stereocenters. The molecule has 0 unspecified atom stereocenters. The maximum Gasteiger partial charge on any atom is 0.264 e. The molecule has 0 saturated heterocycles. The minimum Gasteiger partial charge on any atom is -0.318 e. The van der Waals surface area contributed by atoms with Crippen LogP contribution in [-0.2, 0) is 14.8 Å². The van der Waals surface area contributed by atoms with E-state index >= 15 is 0 Å². The molecule has 1 amide bonds. The number of hydrogen-bond acceptors (Lipinski definition) is 4. The van der Waals surface area contributed by atoms with Gasteiger partial charge in [0.05, 0.1) is 16.8 Å². The molecule has 1 N–H and O–H groups in total. The number of amides is 1. The number of hydrogen-bond donors (Lipinski definition) is 1. The molecule has 0 aliphatic rings. The zero-order chi connectivity index (χ0) is 27.4. The average Bonchev–Trinajstić information content (AvgIpc) is 3.16. The first kappa shape index (κ1) is 27.2. The average molecular weight is 549 g/mol. The van der Waals surface area contributed by atoms with Crippen molar-refractivity contribution in [3.8, 4) is 5.69 Å². The third-order valence-corrected chi connectivity index (χ3v) is 8.17. The van der Waals surface area contributed by atoms with Crippen LogP contribution < -0.4 is 9.73 Å². The second kappa shape index (κ2) is 11.2. The summed E-state index contributed by atoms with van der Waals surface area (Å²) in [4.78, 5) is 12.9. The van der Waals surface area contributed by atoms with E-state index in [1.807, 2.05) is 33.8 Å². The Morgan fingerprint density at radius 3 is 2.21 bits per heavy atom. The van der Waals surface area contributed by atoms with E-state index in [0.29, 0.717) is 5.02 Å². The predicted molar refractivity (Wildman–Crippen MR) is 153 cm³/mol. The van der Waals surface area contributed by atoms with Gasteiger partial charge in [-0.05, 0) is 76.2 Å². The maximum atomic E-state index is 13.5. The van der Waals surface area contributed by atoms with Crippen molar-refractivity contribution in [3.05, 3.63) is 112 Å². The highest BCUT2D eigenvalue weighted by Crippen LogP contribution is 2.26. The zero-order valence-electron chi connectivity index (χ0n) is 21.6. The number of carbonyl (C=O) groups is 1. The molecule has 0 bridgehead atoms. The van der Waals surface area contributed by atoms with E-state index in [9.17, 15) is 13.2 Å². The molecule has 0 spiro atoms. The van der Waals surface area contributed by atoms with Crippen molar-refractivity contribution in [2.45, 2.75) is 32.6 Å². The van der Waals surface area contributed by atoms with Crippen molar-refractivity contribution in [1.29, 1.82) is 0 Å². The SMILES string of the molecule is Cc1ccc(-n2c(C)cc(/C=N\NC(=O)CN(c3cccc(Cl)c3)S(=O)(=O)c3ccc(C)cc3)c2C)cc1. The lowest BCUT2D eigenvalue weighted by Crippen LogP contribution is -2.39. The lowest BCUT2D eigenvalue weighted by molar-refractivity contribution is -0.119. The number of sulfonamides is 1. The van der Waals surface area contributed by atoms with Gasteiger partial charge in [-0.3, -0.25) is 9.10 Å². The first-order valence-electron chi connectivity index (χ1n) is 12.0. The number of aromatic nitrogens is 1. The summed E-state index contributed by atoms with van der Waals surface area (Å²) in [5.74, 6) is -0.593. The van der Waals surface area contributed by atoms with Crippen LogP contribution in [0.15, 0.2) is 88.9 Å². The smallest absolute Gasteiger partial charge is 0.264 e. The number of nitrogens with zero attached hydrogens (tertiary/aromatic N) is 3. The maximum absolute atomic E-state index is 13.5. The van der Waals surface area contributed by atoms with E-state index in [1.54, 1.807) is 36.5 Å². The number of anilines is 1. The Labute approximate surface area is 228 Å². The van der Waals surface area contributed by atoms with E-state index in [0.717, 1.165) is 32.5 Å². The summed E-state index contributed by atoms with van der Waals surface area (Å²) in [6.07, 6.45) is 1.56. The van der Waals surface area contributed by atoms with Crippen molar-refractivity contribution < 1.29 is 13.2 Å². The van der Waals surface area contributed by atoms with E-state index in [2.05, 4.69) is 39.4 Å². The van der Waals surface area contributed by atoms with Gasteiger partial charge in [-0.2, -0.15) is 5.10 Å². The summed E-state index contributed by atoms with van der Waals surface area (Å²) in [6.45, 7) is 7.41. The Hall–Kier alpha value is -3.88. The van der Waals surface area contributed by atoms with Crippen LogP contribution in [0.3, 0.4) is 0 Å². The molecule has 0 saturated carbocycles. The molecule has 0 aliphatic heterocycles. The van der Waals surface area contributed by atoms with Crippen molar-refractivity contribution in [2.24, 2.45) is 5.10 Å². The number of nitrogens with one attached hydrogen (secondary N) is 1. The third-order valence-electron chi connectivity index (χ3n) is 6.15. The van der Waals surface area contributed by atoms with Gasteiger partial charge in [-0.25, -0.2) is 13.8 Å². The van der Waals surface area contributed by atoms with Crippen LogP contribution >= 0.6 is 11.6 Å². The lowest BCUT2D eigenvalue weighted by Gasteiger charge is -2.24. The summed E-state index contributed by atoms with van der Waals surface area (Å²) in [5.41, 5.74) is 8.70. The second-order valence-corrected chi connectivity index (χ2v) is 11.4. The molecule has 4 rings (SSSR count). The monoisotopic (exact) mass is 548 g/mol. The fraction of sp³-hybridized carbons (Fsp3) is 0.172. The molecule has 0 aliphatic carbocycles. The third kappa shape index (κ3) is 5.98. The van der Waals surface area contributed by atoms with Crippen LogP contribution in [0.5, 0.6) is 0 Å². The molecular formula is C29H29ClN4O3S. The molecule has 1 heterocycles. The van der Waals surface area contributed by atoms with Crippen LogP contribution in [0.2, 0.25) is 5.02 Å². The minimum atomic E-state index is -4.04. The highest BCUT2D eigenvalue weighted by molar-refractivity contribution is 7.92. The largest absolute Gasteiger partial charge is 0.318 e. The van der Waals surface area contributed by atoms with E-state index in [1.165, 1.54) is 23.8 Å². The Kier molecular flexibility index (Phi) is 8.04. The Morgan fingerprint density at radius 1 is 0.947 bits per heavy atom. The summed E-state index contributed by atoms with van der Waals surface area (Å²) in [6, 6.07) is 23.0. The lowest BCUT2D eigenvalue weighted by atomic mass is 10.2. The number of carbonyl (C=O) groups excluding carboxylic acids is 1. The molecule has 9 heteroatoms. The number of halogens is 1. The highest BCUT2D eigenvalue weighted by atomic mass is 35.5. The van der Waals surface area contributed by atoms with Crippen LogP contribution in [0.25, 0.3) is 5.69 Å². The number of benzene rings is 3. The highest BCUT2D eigenvalue weighted by Gasteiger charge is 2.27. The summed E-state index contributed by atoms with van der Waals surface area (Å²) >= 11 is 6.13. The van der Waals surface area contributed by atoms with Gasteiger partial charge in [0.25, 0.3) is 15.9 Å². The summed E-state index contributed by atoms with van der Waals surface area (Å²) < 4.78 is 30.1. The summed E-state index contributed by atoms with van der Waals surface area (Å²) in [7, 11) is -4.04. The van der Waals surface area contributed by atoms with Gasteiger partial charge < -0.3 is 4.57 Å². The summed E-state index contributed by atoms with van der Waals surface area (Å²) in [5, 5.41) is 4.47. The molecule has 38 heavy (non-hydrogen) atoms. The minimum absolute atomic E-state index is 0.0722. The second-order valence-electron chi connectivity index (χ2n) is 9.10. The zero-order valence-corrected chi connectivity index (χ0v) is 23.2.